The van der Waals surface area contributed by atoms with Crippen LogP contribution in [0.5, 0.6) is 0 Å². The van der Waals surface area contributed by atoms with E-state index in [1.807, 2.05) is 0 Å². The van der Waals surface area contributed by atoms with E-state index in [0.717, 1.165) is 12.8 Å². The van der Waals surface area contributed by atoms with Crippen LogP contribution in [0.15, 0.2) is 0 Å². The van der Waals surface area contributed by atoms with E-state index >= 15 is 0 Å². The molecule has 2 nitrogen and oxygen atoms in total. The van der Waals surface area contributed by atoms with E-state index in [-0.39, 0.29) is 57.4 Å². The van der Waals surface area contributed by atoms with E-state index in [1.165, 1.54) is 4.90 Å². The Morgan fingerprint density at radius 1 is 1.38 bits per heavy atom. The summed E-state index contributed by atoms with van der Waals surface area (Å²) >= 11 is 0. The molecule has 1 saturated heterocycles. The van der Waals surface area contributed by atoms with Crippen LogP contribution in [-0.2, 0) is 0 Å². The van der Waals surface area contributed by atoms with Gasteiger partial charge in [0.25, 0.3) is 0 Å². The molecule has 0 bridgehead atoms. The van der Waals surface area contributed by atoms with Gasteiger partial charge in [0.05, 0.1) is 0 Å². The third-order valence-electron chi connectivity index (χ3n) is 2.01. The van der Waals surface area contributed by atoms with E-state index in [0.29, 0.717) is 13.1 Å². The molecule has 1 fully saturated rings. The van der Waals surface area contributed by atoms with Gasteiger partial charge in [-0.1, -0.05) is 0 Å². The summed E-state index contributed by atoms with van der Waals surface area (Å²) in [7, 11) is 0. The molecule has 2 N–H and O–H groups in total. The van der Waals surface area contributed by atoms with Gasteiger partial charge < -0.3 is 23.6 Å². The third-order valence-corrected chi connectivity index (χ3v) is 2.01. The van der Waals surface area contributed by atoms with Crippen LogP contribution in [0.4, 0.5) is 12.9 Å². The van der Waals surface area contributed by atoms with Crippen molar-refractivity contribution in [1.82, 2.24) is 4.90 Å². The maximum atomic E-state index is 11.9. The fraction of sp³-hybridized carbons (Fsp3) is 1.00. The van der Waals surface area contributed by atoms with Gasteiger partial charge in [0, 0.05) is 12.6 Å². The maximum Gasteiger partial charge on any atom is 1.00 e. The van der Waals surface area contributed by atoms with E-state index in [1.54, 1.807) is 0 Å². The zero-order valence-corrected chi connectivity index (χ0v) is 11.0. The van der Waals surface area contributed by atoms with Crippen LogP contribution in [0.3, 0.4) is 0 Å². The number of hydrogen-bond acceptors (Lipinski definition) is 2. The van der Waals surface area contributed by atoms with Gasteiger partial charge in [-0.05, 0) is 25.8 Å². The first-order chi connectivity index (χ1) is 5.47. The molecule has 1 rings (SSSR count). The minimum Gasteiger partial charge on any atom is -0.448 e. The van der Waals surface area contributed by atoms with Crippen molar-refractivity contribution in [3.8, 4) is 0 Å². The van der Waals surface area contributed by atoms with Crippen LogP contribution in [-0.4, -0.2) is 37.5 Å². The fourth-order valence-electron chi connectivity index (χ4n) is 1.55. The Bertz CT molecular complexity index is 155. The molecule has 0 aliphatic carbocycles. The van der Waals surface area contributed by atoms with Gasteiger partial charge in [-0.25, -0.2) is 0 Å². The van der Waals surface area contributed by atoms with E-state index in [9.17, 15) is 12.9 Å². The molecule has 0 aromatic rings. The zero-order valence-electron chi connectivity index (χ0n) is 7.85. The van der Waals surface area contributed by atoms with Crippen molar-refractivity contribution in [3.63, 3.8) is 0 Å². The Morgan fingerprint density at radius 3 is 2.46 bits per heavy atom. The molecule has 0 saturated carbocycles. The summed E-state index contributed by atoms with van der Waals surface area (Å²) in [5, 5.41) is 0. The Kier molecular flexibility index (Phi) is 6.76. The number of rotatable bonds is 2. The molecule has 0 radical (unpaired) electrons. The predicted molar refractivity (Wildman–Crippen MR) is 42.7 cm³/mol. The van der Waals surface area contributed by atoms with Crippen molar-refractivity contribution >= 4 is 6.98 Å². The van der Waals surface area contributed by atoms with Gasteiger partial charge >= 0.3 is 58.4 Å². The molecule has 13 heavy (non-hydrogen) atoms. The van der Waals surface area contributed by atoms with Crippen LogP contribution in [0, 0.1) is 0 Å². The summed E-state index contributed by atoms with van der Waals surface area (Å²) in [6.07, 6.45) is 0.877. The molecule has 1 atom stereocenters. The van der Waals surface area contributed by atoms with E-state index in [2.05, 4.69) is 0 Å². The monoisotopic (exact) mass is 220 g/mol. The Balaban J connectivity index is 0.00000144. The molecule has 1 unspecified atom stereocenters. The topological polar surface area (TPSA) is 29.3 Å². The van der Waals surface area contributed by atoms with Crippen LogP contribution >= 0.6 is 0 Å². The molecule has 0 aromatic carbocycles. The number of nitrogens with zero attached hydrogens (tertiary/aromatic N) is 1. The quantitative estimate of drug-likeness (QED) is 0.535. The van der Waals surface area contributed by atoms with Crippen LogP contribution in [0.2, 0.25) is 0 Å². The fourth-order valence-corrected chi connectivity index (χ4v) is 1.55. The summed E-state index contributed by atoms with van der Waals surface area (Å²) in [4.78, 5) is 1.40. The van der Waals surface area contributed by atoms with Gasteiger partial charge in [-0.2, -0.15) is 0 Å². The SMILES string of the molecule is NC1CCCN(C[B-](F)(F)F)C1.[K+]. The Hall–Kier alpha value is 1.41. The summed E-state index contributed by atoms with van der Waals surface area (Å²) in [5.41, 5.74) is 5.54. The van der Waals surface area contributed by atoms with Crippen molar-refractivity contribution < 1.29 is 64.3 Å². The predicted octanol–water partition coefficient (Wildman–Crippen LogP) is -2.20. The molecule has 7 heteroatoms. The molecule has 1 aliphatic heterocycles. The molecule has 0 aromatic heterocycles. The van der Waals surface area contributed by atoms with Crippen LogP contribution < -0.4 is 57.1 Å². The van der Waals surface area contributed by atoms with Crippen LogP contribution in [0.1, 0.15) is 12.8 Å². The van der Waals surface area contributed by atoms with Gasteiger partial charge in [-0.3, -0.25) is 0 Å². The summed E-state index contributed by atoms with van der Waals surface area (Å²) in [5.74, 6) is 0. The van der Waals surface area contributed by atoms with Crippen molar-refractivity contribution in [2.75, 3.05) is 19.5 Å². The second-order valence-electron chi connectivity index (χ2n) is 3.37. The zero-order chi connectivity index (χ0) is 9.19. The normalized spacial score (nSPS) is 25.4. The smallest absolute Gasteiger partial charge is 0.448 e. The first-order valence-electron chi connectivity index (χ1n) is 4.16. The Labute approximate surface area is 119 Å². The Morgan fingerprint density at radius 2 is 2.00 bits per heavy atom. The van der Waals surface area contributed by atoms with Gasteiger partial charge in [0.2, 0.25) is 0 Å². The summed E-state index contributed by atoms with van der Waals surface area (Å²) in [6.45, 7) is -3.75. The second-order valence-corrected chi connectivity index (χ2v) is 3.37. The minimum atomic E-state index is -4.68. The third kappa shape index (κ3) is 6.48. The minimum absolute atomic E-state index is 0. The van der Waals surface area contributed by atoms with Crippen molar-refractivity contribution in [2.24, 2.45) is 5.73 Å². The van der Waals surface area contributed by atoms with E-state index < -0.39 is 13.4 Å². The van der Waals surface area contributed by atoms with Crippen molar-refractivity contribution in [3.05, 3.63) is 0 Å². The summed E-state index contributed by atoms with van der Waals surface area (Å²) < 4.78 is 35.8. The van der Waals surface area contributed by atoms with Crippen LogP contribution in [0.25, 0.3) is 0 Å². The number of likely N-dealkylation sites (tertiary alicyclic amines) is 1. The van der Waals surface area contributed by atoms with Gasteiger partial charge in [0.1, 0.15) is 0 Å². The average Bonchev–Trinajstić information content (AvgIpc) is 1.82. The molecule has 72 valence electrons. The standard InChI is InChI=1S/C6H13BF3N2.K/c8-7(9,10)5-12-3-1-2-6(11)4-12;/h6H,1-5,11H2;/q-1;+1. The number of halogens is 3. The molecule has 0 amide bonds. The molecule has 1 heterocycles. The second kappa shape index (κ2) is 6.09. The molecular weight excluding hydrogens is 207 g/mol. The largest absolute Gasteiger partial charge is 1.00 e. The number of hydrogen-bond donors (Lipinski definition) is 1. The first kappa shape index (κ1) is 14.4. The number of nitrogens with two attached hydrogens (primary N) is 1. The van der Waals surface area contributed by atoms with Gasteiger partial charge in [0.15, 0.2) is 0 Å². The average molecular weight is 220 g/mol. The number of piperidine rings is 1. The van der Waals surface area contributed by atoms with E-state index in [4.69, 9.17) is 5.73 Å². The molecule has 1 aliphatic rings. The molecular formula is C6H13BF3KN2. The van der Waals surface area contributed by atoms with Crippen molar-refractivity contribution in [2.45, 2.75) is 18.9 Å². The maximum absolute atomic E-state index is 11.9. The molecule has 0 spiro atoms. The van der Waals surface area contributed by atoms with Gasteiger partial charge in [-0.15, -0.1) is 0 Å². The van der Waals surface area contributed by atoms with Crippen molar-refractivity contribution in [1.29, 1.82) is 0 Å². The first-order valence-corrected chi connectivity index (χ1v) is 4.16. The summed E-state index contributed by atoms with van der Waals surface area (Å²) in [6, 6.07) is -0.0723.